The number of aryl methyl sites for hydroxylation is 1. The molecule has 0 saturated heterocycles. The van der Waals surface area contributed by atoms with Crippen LogP contribution >= 0.6 is 11.6 Å². The highest BCUT2D eigenvalue weighted by Crippen LogP contribution is 2.36. The lowest BCUT2D eigenvalue weighted by atomic mass is 10.1. The Labute approximate surface area is 155 Å². The Morgan fingerprint density at radius 1 is 1.23 bits per heavy atom. The zero-order valence-corrected chi connectivity index (χ0v) is 15.6. The fraction of sp³-hybridized carbons (Fsp3) is 0.211. The van der Waals surface area contributed by atoms with Gasteiger partial charge in [0.05, 0.1) is 5.69 Å². The summed E-state index contributed by atoms with van der Waals surface area (Å²) in [5, 5.41) is 11.3. The maximum Gasteiger partial charge on any atom is 0.253 e. The second-order valence-corrected chi connectivity index (χ2v) is 6.89. The number of hydrogen-bond donors (Lipinski definition) is 1. The first-order valence-electron chi connectivity index (χ1n) is 8.35. The molecular formula is C19H19ClN4O2. The van der Waals surface area contributed by atoms with Crippen molar-refractivity contribution >= 4 is 34.2 Å². The molecule has 0 radical (unpaired) electrons. The van der Waals surface area contributed by atoms with Gasteiger partial charge in [-0.3, -0.25) is 4.79 Å². The lowest BCUT2D eigenvalue weighted by molar-refractivity contribution is -0.115. The van der Waals surface area contributed by atoms with Crippen LogP contribution < -0.4 is 4.90 Å². The first-order chi connectivity index (χ1) is 12.3. The largest absolute Gasteiger partial charge is 0.506 e. The van der Waals surface area contributed by atoms with Crippen LogP contribution in [0.3, 0.4) is 0 Å². The van der Waals surface area contributed by atoms with Crippen LogP contribution in [0.2, 0.25) is 5.02 Å². The van der Waals surface area contributed by atoms with Crippen molar-refractivity contribution in [3.8, 4) is 11.4 Å². The zero-order valence-electron chi connectivity index (χ0n) is 14.8. The average Bonchev–Trinajstić information content (AvgIpc) is 3.25. The number of hydrogen-bond acceptors (Lipinski definition) is 2. The standard InChI is InChI=1S/C19H19ClN4O2/c1-5-21(19(26)11(2)3)15-10-18(25)17(8-12(15)4)24-22-14-7-6-13(20)9-16(14)23(22)24/h6-10,25H,2,5H2,1,3-4H3. The van der Waals surface area contributed by atoms with Crippen LogP contribution in [0.1, 0.15) is 19.4 Å². The fourth-order valence-electron chi connectivity index (χ4n) is 3.30. The highest BCUT2D eigenvalue weighted by atomic mass is 35.5. The van der Waals surface area contributed by atoms with Crippen molar-refractivity contribution in [1.82, 2.24) is 14.1 Å². The highest BCUT2D eigenvalue weighted by Gasteiger charge is 2.27. The van der Waals surface area contributed by atoms with E-state index >= 15 is 0 Å². The molecule has 0 bridgehead atoms. The van der Waals surface area contributed by atoms with Gasteiger partial charge in [-0.05, 0) is 50.6 Å². The minimum Gasteiger partial charge on any atom is -0.506 e. The van der Waals surface area contributed by atoms with Gasteiger partial charge in [0.2, 0.25) is 0 Å². The van der Waals surface area contributed by atoms with Crippen molar-refractivity contribution in [3.63, 3.8) is 0 Å². The van der Waals surface area contributed by atoms with Crippen LogP contribution in [0.5, 0.6) is 5.75 Å². The molecule has 0 saturated carbocycles. The third-order valence-corrected chi connectivity index (χ3v) is 4.84. The molecule has 1 N–H and O–H groups in total. The molecule has 0 atom stereocenters. The molecule has 2 aromatic carbocycles. The third-order valence-electron chi connectivity index (χ3n) is 4.60. The molecule has 2 aromatic heterocycles. The van der Waals surface area contributed by atoms with E-state index in [0.717, 1.165) is 16.6 Å². The number of carbonyl (C=O) groups is 1. The summed E-state index contributed by atoms with van der Waals surface area (Å²) >= 11 is 6.05. The Morgan fingerprint density at radius 2 is 1.92 bits per heavy atom. The number of aromatic nitrogens is 3. The van der Waals surface area contributed by atoms with Gasteiger partial charge in [-0.25, -0.2) is 0 Å². The number of rotatable bonds is 4. The van der Waals surface area contributed by atoms with Crippen LogP contribution in [0.25, 0.3) is 16.7 Å². The molecule has 0 unspecified atom stereocenters. The zero-order chi connectivity index (χ0) is 18.7. The summed E-state index contributed by atoms with van der Waals surface area (Å²) in [7, 11) is 0. The highest BCUT2D eigenvalue weighted by molar-refractivity contribution is 6.31. The third kappa shape index (κ3) is 2.22. The molecule has 4 rings (SSSR count). The number of anilines is 1. The van der Waals surface area contributed by atoms with Crippen LogP contribution in [0.15, 0.2) is 42.5 Å². The molecule has 0 fully saturated rings. The lowest BCUT2D eigenvalue weighted by Gasteiger charge is -2.23. The summed E-state index contributed by atoms with van der Waals surface area (Å²) < 4.78 is 3.86. The maximum absolute atomic E-state index is 12.4. The molecule has 26 heavy (non-hydrogen) atoms. The molecule has 0 aliphatic rings. The molecule has 134 valence electrons. The second kappa shape index (κ2) is 5.57. The number of halogens is 1. The minimum atomic E-state index is -0.149. The van der Waals surface area contributed by atoms with Gasteiger partial charge in [0, 0.05) is 23.2 Å². The average molecular weight is 371 g/mol. The van der Waals surface area contributed by atoms with Gasteiger partial charge in [-0.15, -0.1) is 14.1 Å². The molecule has 7 heteroatoms. The number of carbonyl (C=O) groups excluding carboxylic acids is 1. The van der Waals surface area contributed by atoms with Gasteiger partial charge >= 0.3 is 0 Å². The number of fused-ring (bicyclic) bond motifs is 4. The number of amides is 1. The van der Waals surface area contributed by atoms with Gasteiger partial charge in [-0.2, -0.15) is 0 Å². The number of aromatic hydroxyl groups is 1. The fourth-order valence-corrected chi connectivity index (χ4v) is 3.46. The SMILES string of the molecule is C=C(C)C(=O)N(CC)c1cc(O)c(-n2n3c4ccc(Cl)cc4n23)cc1C. The van der Waals surface area contributed by atoms with Crippen molar-refractivity contribution < 1.29 is 9.90 Å². The molecular weight excluding hydrogens is 352 g/mol. The van der Waals surface area contributed by atoms with Gasteiger partial charge in [-0.1, -0.05) is 18.2 Å². The number of likely N-dealkylation sites (N-methyl/N-ethyl adjacent to an activating group) is 1. The van der Waals surface area contributed by atoms with E-state index in [0.29, 0.717) is 28.5 Å². The van der Waals surface area contributed by atoms with Gasteiger partial charge < -0.3 is 10.0 Å². The maximum atomic E-state index is 12.4. The summed E-state index contributed by atoms with van der Waals surface area (Å²) in [5.74, 6) is -0.0472. The lowest BCUT2D eigenvalue weighted by Crippen LogP contribution is -2.31. The molecule has 0 aliphatic heterocycles. The van der Waals surface area contributed by atoms with E-state index in [4.69, 9.17) is 11.6 Å². The topological polar surface area (TPSA) is 54.3 Å². The first-order valence-corrected chi connectivity index (χ1v) is 8.73. The Bertz CT molecular complexity index is 1160. The molecule has 4 aromatic rings. The number of nitrogens with zero attached hydrogens (tertiary/aromatic N) is 4. The summed E-state index contributed by atoms with van der Waals surface area (Å²) in [6, 6.07) is 9.17. The van der Waals surface area contributed by atoms with E-state index in [1.54, 1.807) is 17.9 Å². The van der Waals surface area contributed by atoms with E-state index in [1.165, 1.54) is 0 Å². The smallest absolute Gasteiger partial charge is 0.253 e. The Balaban J connectivity index is 1.79. The van der Waals surface area contributed by atoms with Crippen molar-refractivity contribution in [1.29, 1.82) is 0 Å². The molecule has 6 nitrogen and oxygen atoms in total. The van der Waals surface area contributed by atoms with Crippen molar-refractivity contribution in [2.45, 2.75) is 20.8 Å². The van der Waals surface area contributed by atoms with Crippen LogP contribution in [0, 0.1) is 6.92 Å². The van der Waals surface area contributed by atoms with E-state index in [9.17, 15) is 9.90 Å². The van der Waals surface area contributed by atoms with Crippen LogP contribution in [-0.4, -0.2) is 31.6 Å². The summed E-state index contributed by atoms with van der Waals surface area (Å²) in [6.07, 6.45) is 0. The summed E-state index contributed by atoms with van der Waals surface area (Å²) in [4.78, 5) is 15.9. The van der Waals surface area contributed by atoms with E-state index in [-0.39, 0.29) is 11.7 Å². The minimum absolute atomic E-state index is 0.102. The molecule has 1 amide bonds. The van der Waals surface area contributed by atoms with Gasteiger partial charge in [0.25, 0.3) is 5.91 Å². The summed E-state index contributed by atoms with van der Waals surface area (Å²) in [5.41, 5.74) is 4.71. The Hall–Kier alpha value is -2.86. The number of benzene rings is 2. The van der Waals surface area contributed by atoms with Crippen LogP contribution in [-0.2, 0) is 4.79 Å². The van der Waals surface area contributed by atoms with E-state index in [1.807, 2.05) is 52.2 Å². The Kier molecular flexibility index (Phi) is 3.56. The number of phenolic OH excluding ortho intramolecular Hbond substituents is 1. The predicted octanol–water partition coefficient (Wildman–Crippen LogP) is 4.02. The normalized spacial score (nSPS) is 11.7. The van der Waals surface area contributed by atoms with Gasteiger partial charge in [0.15, 0.2) is 0 Å². The van der Waals surface area contributed by atoms with Crippen molar-refractivity contribution in [2.24, 2.45) is 0 Å². The molecule has 0 aliphatic carbocycles. The molecule has 0 spiro atoms. The Morgan fingerprint density at radius 3 is 2.58 bits per heavy atom. The monoisotopic (exact) mass is 370 g/mol. The second-order valence-electron chi connectivity index (χ2n) is 6.46. The van der Waals surface area contributed by atoms with E-state index < -0.39 is 0 Å². The summed E-state index contributed by atoms with van der Waals surface area (Å²) in [6.45, 7) is 9.73. The van der Waals surface area contributed by atoms with Crippen molar-refractivity contribution in [3.05, 3.63) is 53.1 Å². The van der Waals surface area contributed by atoms with Crippen LogP contribution in [0.4, 0.5) is 5.69 Å². The van der Waals surface area contributed by atoms with E-state index in [2.05, 4.69) is 6.58 Å². The predicted molar refractivity (Wildman–Crippen MR) is 103 cm³/mol. The first kappa shape index (κ1) is 16.6. The molecule has 2 heterocycles. The van der Waals surface area contributed by atoms with Crippen molar-refractivity contribution in [2.75, 3.05) is 11.4 Å². The quantitative estimate of drug-likeness (QED) is 0.552. The van der Waals surface area contributed by atoms with Gasteiger partial charge in [0.1, 0.15) is 22.5 Å². The number of phenols is 1.